The average molecular weight is 307 g/mol. The van der Waals surface area contributed by atoms with Gasteiger partial charge in [0.15, 0.2) is 0 Å². The molecule has 0 spiro atoms. The van der Waals surface area contributed by atoms with Gasteiger partial charge in [-0.15, -0.1) is 11.3 Å². The second-order valence-corrected chi connectivity index (χ2v) is 6.35. The molecule has 1 saturated heterocycles. The smallest absolute Gasteiger partial charge is 0.263 e. The van der Waals surface area contributed by atoms with Crippen LogP contribution in [0.1, 0.15) is 28.6 Å². The lowest BCUT2D eigenvalue weighted by molar-refractivity contribution is 0.0960. The quantitative estimate of drug-likeness (QED) is 0.870. The van der Waals surface area contributed by atoms with Gasteiger partial charge in [0.2, 0.25) is 0 Å². The number of anilines is 2. The molecule has 0 aromatic carbocycles. The number of hydrogen-bond acceptors (Lipinski definition) is 6. The predicted molar refractivity (Wildman–Crippen MR) is 85.8 cm³/mol. The van der Waals surface area contributed by atoms with Gasteiger partial charge in [-0.05, 0) is 27.4 Å². The summed E-state index contributed by atoms with van der Waals surface area (Å²) in [6, 6.07) is 2.62. The fourth-order valence-corrected chi connectivity index (χ4v) is 3.64. The van der Waals surface area contributed by atoms with Gasteiger partial charge >= 0.3 is 0 Å². The first-order valence-electron chi connectivity index (χ1n) is 7.01. The Morgan fingerprint density at radius 3 is 2.86 bits per heavy atom. The van der Waals surface area contributed by atoms with Crippen LogP contribution in [-0.4, -0.2) is 50.6 Å². The Labute approximate surface area is 129 Å². The lowest BCUT2D eigenvalue weighted by Gasteiger charge is -2.20. The number of nitriles is 1. The van der Waals surface area contributed by atoms with Crippen LogP contribution in [-0.2, 0) is 0 Å². The molecular formula is C14H21N5OS. The second-order valence-electron chi connectivity index (χ2n) is 5.35. The number of carbonyl (C=O) groups is 1. The molecule has 7 heteroatoms. The molecule has 2 rings (SSSR count). The van der Waals surface area contributed by atoms with Gasteiger partial charge in [0, 0.05) is 25.7 Å². The number of nitrogens with one attached hydrogen (secondary N) is 1. The minimum absolute atomic E-state index is 0.203. The molecule has 6 nitrogen and oxygen atoms in total. The first-order valence-corrected chi connectivity index (χ1v) is 7.83. The van der Waals surface area contributed by atoms with Crippen molar-refractivity contribution in [1.82, 2.24) is 10.2 Å². The number of nitrogens with two attached hydrogens (primary N) is 1. The maximum absolute atomic E-state index is 12.0. The lowest BCUT2D eigenvalue weighted by Crippen LogP contribution is -2.31. The minimum atomic E-state index is -0.203. The highest BCUT2D eigenvalue weighted by atomic mass is 32.1. The standard InChI is InChI=1S/C14H21N5OS/c1-4-17-13(20)12-11(16)10(7-15)14(21-12)19-6-5-9(8-19)18(2)3/h9H,4-6,8,16H2,1-3H3,(H,17,20). The van der Waals surface area contributed by atoms with E-state index in [0.29, 0.717) is 28.7 Å². The third kappa shape index (κ3) is 2.96. The minimum Gasteiger partial charge on any atom is -0.396 e. The van der Waals surface area contributed by atoms with Gasteiger partial charge in [0.05, 0.1) is 5.69 Å². The number of nitrogen functional groups attached to an aromatic ring is 1. The highest BCUT2D eigenvalue weighted by molar-refractivity contribution is 7.19. The number of thiophene rings is 1. The highest BCUT2D eigenvalue weighted by Crippen LogP contribution is 2.39. The van der Waals surface area contributed by atoms with Gasteiger partial charge in [-0.2, -0.15) is 5.26 Å². The number of nitrogens with zero attached hydrogens (tertiary/aromatic N) is 3. The third-order valence-corrected chi connectivity index (χ3v) is 5.03. The van der Waals surface area contributed by atoms with Crippen molar-refractivity contribution >= 4 is 27.9 Å². The lowest BCUT2D eigenvalue weighted by atomic mass is 10.2. The molecule has 1 aliphatic heterocycles. The molecular weight excluding hydrogens is 286 g/mol. The van der Waals surface area contributed by atoms with Gasteiger partial charge in [0.25, 0.3) is 5.91 Å². The summed E-state index contributed by atoms with van der Waals surface area (Å²) in [5, 5.41) is 12.9. The number of carbonyl (C=O) groups excluding carboxylic acids is 1. The number of hydrogen-bond donors (Lipinski definition) is 2. The SMILES string of the molecule is CCNC(=O)c1sc(N2CCC(N(C)C)C2)c(C#N)c1N. The van der Waals surface area contributed by atoms with Crippen molar-refractivity contribution in [2.75, 3.05) is 44.4 Å². The molecule has 0 saturated carbocycles. The van der Waals surface area contributed by atoms with Gasteiger partial charge in [0.1, 0.15) is 21.5 Å². The fourth-order valence-electron chi connectivity index (χ4n) is 2.52. The van der Waals surface area contributed by atoms with E-state index >= 15 is 0 Å². The van der Waals surface area contributed by atoms with Crippen LogP contribution < -0.4 is 16.0 Å². The summed E-state index contributed by atoms with van der Waals surface area (Å²) >= 11 is 1.32. The van der Waals surface area contributed by atoms with Crippen molar-refractivity contribution in [2.45, 2.75) is 19.4 Å². The Morgan fingerprint density at radius 2 is 2.33 bits per heavy atom. The Kier molecular flexibility index (Phi) is 4.70. The van der Waals surface area contributed by atoms with Crippen molar-refractivity contribution in [1.29, 1.82) is 5.26 Å². The molecule has 0 bridgehead atoms. The van der Waals surface area contributed by atoms with Crippen molar-refractivity contribution in [2.24, 2.45) is 0 Å². The summed E-state index contributed by atoms with van der Waals surface area (Å²) in [4.78, 5) is 16.8. The van der Waals surface area contributed by atoms with E-state index in [1.165, 1.54) is 11.3 Å². The Bertz CT molecular complexity index is 575. The first kappa shape index (κ1) is 15.6. The van der Waals surface area contributed by atoms with Crippen LogP contribution in [0.5, 0.6) is 0 Å². The van der Waals surface area contributed by atoms with E-state index < -0.39 is 0 Å². The van der Waals surface area contributed by atoms with Gasteiger partial charge in [-0.25, -0.2) is 0 Å². The van der Waals surface area contributed by atoms with Crippen molar-refractivity contribution in [3.05, 3.63) is 10.4 Å². The zero-order valence-corrected chi connectivity index (χ0v) is 13.5. The average Bonchev–Trinajstić information content (AvgIpc) is 3.03. The van der Waals surface area contributed by atoms with Crippen LogP contribution in [0.3, 0.4) is 0 Å². The Morgan fingerprint density at radius 1 is 1.62 bits per heavy atom. The molecule has 1 aromatic rings. The monoisotopic (exact) mass is 307 g/mol. The summed E-state index contributed by atoms with van der Waals surface area (Å²) in [6.45, 7) is 4.14. The summed E-state index contributed by atoms with van der Waals surface area (Å²) in [6.07, 6.45) is 1.05. The largest absolute Gasteiger partial charge is 0.396 e. The van der Waals surface area contributed by atoms with Crippen LogP contribution in [0.25, 0.3) is 0 Å². The van der Waals surface area contributed by atoms with E-state index in [0.717, 1.165) is 24.5 Å². The van der Waals surface area contributed by atoms with Crippen molar-refractivity contribution in [3.8, 4) is 6.07 Å². The molecule has 114 valence electrons. The van der Waals surface area contributed by atoms with Crippen LogP contribution in [0.4, 0.5) is 10.7 Å². The maximum Gasteiger partial charge on any atom is 0.263 e. The van der Waals surface area contributed by atoms with E-state index in [2.05, 4.69) is 35.3 Å². The van der Waals surface area contributed by atoms with E-state index in [1.54, 1.807) is 0 Å². The zero-order chi connectivity index (χ0) is 15.6. The number of rotatable bonds is 4. The normalized spacial score (nSPS) is 18.0. The summed E-state index contributed by atoms with van der Waals surface area (Å²) in [7, 11) is 4.12. The maximum atomic E-state index is 12.0. The van der Waals surface area contributed by atoms with E-state index in [4.69, 9.17) is 5.73 Å². The van der Waals surface area contributed by atoms with Crippen molar-refractivity contribution < 1.29 is 4.79 Å². The molecule has 1 atom stereocenters. The molecule has 0 aliphatic carbocycles. The topological polar surface area (TPSA) is 85.4 Å². The molecule has 1 aliphatic rings. The van der Waals surface area contributed by atoms with Crippen LogP contribution in [0.15, 0.2) is 0 Å². The molecule has 1 amide bonds. The van der Waals surface area contributed by atoms with Gasteiger partial charge < -0.3 is 20.9 Å². The van der Waals surface area contributed by atoms with E-state index in [1.807, 2.05) is 6.92 Å². The van der Waals surface area contributed by atoms with Crippen LogP contribution in [0.2, 0.25) is 0 Å². The van der Waals surface area contributed by atoms with Gasteiger partial charge in [-0.3, -0.25) is 4.79 Å². The molecule has 2 heterocycles. The molecule has 3 N–H and O–H groups in total. The van der Waals surface area contributed by atoms with E-state index in [-0.39, 0.29) is 5.91 Å². The summed E-state index contributed by atoms with van der Waals surface area (Å²) < 4.78 is 0. The predicted octanol–water partition coefficient (Wildman–Crippen LogP) is 1.09. The molecule has 1 unspecified atom stereocenters. The first-order chi connectivity index (χ1) is 9.99. The molecule has 0 radical (unpaired) electrons. The third-order valence-electron chi connectivity index (χ3n) is 3.76. The molecule has 1 aromatic heterocycles. The number of amides is 1. The number of likely N-dealkylation sites (N-methyl/N-ethyl adjacent to an activating group) is 1. The van der Waals surface area contributed by atoms with Crippen molar-refractivity contribution in [3.63, 3.8) is 0 Å². The van der Waals surface area contributed by atoms with E-state index in [9.17, 15) is 10.1 Å². The van der Waals surface area contributed by atoms with Gasteiger partial charge in [-0.1, -0.05) is 0 Å². The zero-order valence-electron chi connectivity index (χ0n) is 12.6. The molecule has 1 fully saturated rings. The Balaban J connectivity index is 2.31. The van der Waals surface area contributed by atoms with Crippen LogP contribution in [0, 0.1) is 11.3 Å². The fraction of sp³-hybridized carbons (Fsp3) is 0.571. The summed E-state index contributed by atoms with van der Waals surface area (Å²) in [5.74, 6) is -0.203. The highest BCUT2D eigenvalue weighted by Gasteiger charge is 2.30. The molecule has 21 heavy (non-hydrogen) atoms. The van der Waals surface area contributed by atoms with Crippen LogP contribution >= 0.6 is 11.3 Å². The Hall–Kier alpha value is -1.78. The summed E-state index contributed by atoms with van der Waals surface area (Å²) in [5.41, 5.74) is 6.73. The second kappa shape index (κ2) is 6.33.